The summed E-state index contributed by atoms with van der Waals surface area (Å²) < 4.78 is 0. The first-order valence-corrected chi connectivity index (χ1v) is 6.78. The molecule has 0 heterocycles. The first kappa shape index (κ1) is 12.6. The van der Waals surface area contributed by atoms with Gasteiger partial charge in [0, 0.05) is 25.7 Å². The summed E-state index contributed by atoms with van der Waals surface area (Å²) in [5, 5.41) is 3.56. The van der Waals surface area contributed by atoms with E-state index in [2.05, 4.69) is 48.5 Å². The standard InChI is InChI=1S/C15H24N2/c1-3-13-6-4-5-7-14(13)12-17(2)11-10-16-15-8-9-15/h4-7,15-16H,3,8-12H2,1-2H3. The van der Waals surface area contributed by atoms with Gasteiger partial charge < -0.3 is 10.2 Å². The molecule has 2 nitrogen and oxygen atoms in total. The monoisotopic (exact) mass is 232 g/mol. The lowest BCUT2D eigenvalue weighted by atomic mass is 10.1. The number of rotatable bonds is 7. The van der Waals surface area contributed by atoms with Crippen LogP contribution in [0.2, 0.25) is 0 Å². The van der Waals surface area contributed by atoms with Gasteiger partial charge in [-0.25, -0.2) is 0 Å². The van der Waals surface area contributed by atoms with Crippen molar-refractivity contribution in [3.05, 3.63) is 35.4 Å². The van der Waals surface area contributed by atoms with Gasteiger partial charge >= 0.3 is 0 Å². The van der Waals surface area contributed by atoms with Crippen LogP contribution in [0.25, 0.3) is 0 Å². The van der Waals surface area contributed by atoms with Crippen LogP contribution in [0.15, 0.2) is 24.3 Å². The van der Waals surface area contributed by atoms with Crippen molar-refractivity contribution in [1.29, 1.82) is 0 Å². The average Bonchev–Trinajstić information content (AvgIpc) is 3.14. The van der Waals surface area contributed by atoms with E-state index >= 15 is 0 Å². The third-order valence-electron chi connectivity index (χ3n) is 3.44. The Bertz CT molecular complexity index is 345. The third-order valence-corrected chi connectivity index (χ3v) is 3.44. The predicted molar refractivity (Wildman–Crippen MR) is 73.2 cm³/mol. The summed E-state index contributed by atoms with van der Waals surface area (Å²) in [6.07, 6.45) is 3.88. The molecule has 1 aromatic rings. The zero-order valence-electron chi connectivity index (χ0n) is 11.1. The van der Waals surface area contributed by atoms with Crippen molar-refractivity contribution in [1.82, 2.24) is 10.2 Å². The topological polar surface area (TPSA) is 15.3 Å². The summed E-state index contributed by atoms with van der Waals surface area (Å²) in [5.41, 5.74) is 2.96. The molecule has 0 amide bonds. The lowest BCUT2D eigenvalue weighted by Gasteiger charge is -2.18. The van der Waals surface area contributed by atoms with Crippen LogP contribution >= 0.6 is 0 Å². The number of benzene rings is 1. The van der Waals surface area contributed by atoms with Gasteiger partial charge in [0.2, 0.25) is 0 Å². The van der Waals surface area contributed by atoms with Crippen molar-refractivity contribution in [2.45, 2.75) is 38.8 Å². The average molecular weight is 232 g/mol. The first-order chi connectivity index (χ1) is 8.29. The van der Waals surface area contributed by atoms with Crippen molar-refractivity contribution < 1.29 is 0 Å². The van der Waals surface area contributed by atoms with E-state index in [1.807, 2.05) is 0 Å². The van der Waals surface area contributed by atoms with Crippen LogP contribution in [0.3, 0.4) is 0 Å². The molecule has 2 rings (SSSR count). The summed E-state index contributed by atoms with van der Waals surface area (Å²) in [4.78, 5) is 2.41. The normalized spacial score (nSPS) is 15.5. The van der Waals surface area contributed by atoms with Gasteiger partial charge in [0.25, 0.3) is 0 Å². The van der Waals surface area contributed by atoms with E-state index < -0.39 is 0 Å². The highest BCUT2D eigenvalue weighted by Crippen LogP contribution is 2.18. The second-order valence-corrected chi connectivity index (χ2v) is 5.09. The Labute approximate surface area is 105 Å². The van der Waals surface area contributed by atoms with E-state index in [1.54, 1.807) is 0 Å². The predicted octanol–water partition coefficient (Wildman–Crippen LogP) is 2.43. The van der Waals surface area contributed by atoms with Crippen LogP contribution in [0.4, 0.5) is 0 Å². The Hall–Kier alpha value is -0.860. The maximum atomic E-state index is 3.56. The molecule has 1 saturated carbocycles. The van der Waals surface area contributed by atoms with E-state index in [-0.39, 0.29) is 0 Å². The summed E-state index contributed by atoms with van der Waals surface area (Å²) in [5.74, 6) is 0. The van der Waals surface area contributed by atoms with Gasteiger partial charge in [-0.2, -0.15) is 0 Å². The lowest BCUT2D eigenvalue weighted by Crippen LogP contribution is -2.30. The smallest absolute Gasteiger partial charge is 0.0233 e. The van der Waals surface area contributed by atoms with Gasteiger partial charge in [0.1, 0.15) is 0 Å². The Balaban J connectivity index is 1.77. The minimum Gasteiger partial charge on any atom is -0.313 e. The molecule has 0 bridgehead atoms. The van der Waals surface area contributed by atoms with E-state index in [0.29, 0.717) is 0 Å². The minimum atomic E-state index is 0.825. The quantitative estimate of drug-likeness (QED) is 0.777. The lowest BCUT2D eigenvalue weighted by molar-refractivity contribution is 0.323. The van der Waals surface area contributed by atoms with Gasteiger partial charge in [-0.05, 0) is 37.4 Å². The molecule has 2 heteroatoms. The molecule has 17 heavy (non-hydrogen) atoms. The molecule has 0 spiro atoms. The van der Waals surface area contributed by atoms with Gasteiger partial charge in [-0.3, -0.25) is 0 Å². The molecule has 1 aliphatic carbocycles. The summed E-state index contributed by atoms with van der Waals surface area (Å²) >= 11 is 0. The Morgan fingerprint density at radius 3 is 2.59 bits per heavy atom. The second kappa shape index (κ2) is 6.18. The Kier molecular flexibility index (Phi) is 4.57. The fraction of sp³-hybridized carbons (Fsp3) is 0.600. The van der Waals surface area contributed by atoms with Gasteiger partial charge in [0.15, 0.2) is 0 Å². The SMILES string of the molecule is CCc1ccccc1CN(C)CCNC1CC1. The minimum absolute atomic E-state index is 0.825. The molecular formula is C15H24N2. The number of hydrogen-bond acceptors (Lipinski definition) is 2. The van der Waals surface area contributed by atoms with Crippen molar-refractivity contribution >= 4 is 0 Å². The van der Waals surface area contributed by atoms with E-state index in [0.717, 1.165) is 32.1 Å². The van der Waals surface area contributed by atoms with Crippen molar-refractivity contribution in [3.63, 3.8) is 0 Å². The molecule has 0 unspecified atom stereocenters. The second-order valence-electron chi connectivity index (χ2n) is 5.09. The Morgan fingerprint density at radius 1 is 1.24 bits per heavy atom. The fourth-order valence-corrected chi connectivity index (χ4v) is 2.17. The van der Waals surface area contributed by atoms with E-state index in [4.69, 9.17) is 0 Å². The molecular weight excluding hydrogens is 208 g/mol. The maximum Gasteiger partial charge on any atom is 0.0233 e. The zero-order valence-corrected chi connectivity index (χ0v) is 11.1. The van der Waals surface area contributed by atoms with E-state index in [9.17, 15) is 0 Å². The van der Waals surface area contributed by atoms with Crippen molar-refractivity contribution in [2.24, 2.45) is 0 Å². The Morgan fingerprint density at radius 2 is 1.94 bits per heavy atom. The van der Waals surface area contributed by atoms with Crippen LogP contribution in [-0.4, -0.2) is 31.1 Å². The third kappa shape index (κ3) is 4.14. The van der Waals surface area contributed by atoms with Crippen LogP contribution in [-0.2, 0) is 13.0 Å². The first-order valence-electron chi connectivity index (χ1n) is 6.78. The zero-order chi connectivity index (χ0) is 12.1. The largest absolute Gasteiger partial charge is 0.313 e. The number of likely N-dealkylation sites (N-methyl/N-ethyl adjacent to an activating group) is 1. The maximum absolute atomic E-state index is 3.56. The molecule has 1 aromatic carbocycles. The van der Waals surface area contributed by atoms with E-state index in [1.165, 1.54) is 24.0 Å². The molecule has 1 aliphatic rings. The number of nitrogens with one attached hydrogen (secondary N) is 1. The number of aryl methyl sites for hydroxylation is 1. The van der Waals surface area contributed by atoms with Gasteiger partial charge in [-0.1, -0.05) is 31.2 Å². The van der Waals surface area contributed by atoms with Crippen molar-refractivity contribution in [3.8, 4) is 0 Å². The highest BCUT2D eigenvalue weighted by molar-refractivity contribution is 5.26. The molecule has 1 N–H and O–H groups in total. The van der Waals surface area contributed by atoms with Crippen LogP contribution in [0, 0.1) is 0 Å². The van der Waals surface area contributed by atoms with Crippen LogP contribution < -0.4 is 5.32 Å². The van der Waals surface area contributed by atoms with Crippen LogP contribution in [0.1, 0.15) is 30.9 Å². The fourth-order valence-electron chi connectivity index (χ4n) is 2.17. The molecule has 1 fully saturated rings. The molecule has 0 aromatic heterocycles. The highest BCUT2D eigenvalue weighted by atomic mass is 15.1. The number of nitrogens with zero attached hydrogens (tertiary/aromatic N) is 1. The molecule has 0 saturated heterocycles. The van der Waals surface area contributed by atoms with Gasteiger partial charge in [-0.15, -0.1) is 0 Å². The molecule has 0 radical (unpaired) electrons. The summed E-state index contributed by atoms with van der Waals surface area (Å²) in [6, 6.07) is 9.60. The number of hydrogen-bond donors (Lipinski definition) is 1. The summed E-state index contributed by atoms with van der Waals surface area (Å²) in [7, 11) is 2.21. The highest BCUT2D eigenvalue weighted by Gasteiger charge is 2.19. The molecule has 0 atom stereocenters. The van der Waals surface area contributed by atoms with Gasteiger partial charge in [0.05, 0.1) is 0 Å². The molecule has 94 valence electrons. The summed E-state index contributed by atoms with van der Waals surface area (Å²) in [6.45, 7) is 5.55. The van der Waals surface area contributed by atoms with Crippen molar-refractivity contribution in [2.75, 3.05) is 20.1 Å². The van der Waals surface area contributed by atoms with Crippen LogP contribution in [0.5, 0.6) is 0 Å². The molecule has 0 aliphatic heterocycles.